The lowest BCUT2D eigenvalue weighted by Crippen LogP contribution is -2.52. The van der Waals surface area contributed by atoms with Gasteiger partial charge in [0, 0.05) is 13.5 Å². The van der Waals surface area contributed by atoms with E-state index in [0.717, 1.165) is 6.42 Å². The molecule has 1 fully saturated rings. The van der Waals surface area contributed by atoms with Crippen LogP contribution in [-0.4, -0.2) is 47.4 Å². The average Bonchev–Trinajstić information content (AvgIpc) is 2.36. The van der Waals surface area contributed by atoms with Crippen molar-refractivity contribution in [3.8, 4) is 0 Å². The van der Waals surface area contributed by atoms with Crippen LogP contribution in [0.4, 0.5) is 0 Å². The summed E-state index contributed by atoms with van der Waals surface area (Å²) in [5, 5.41) is 9.33. The Morgan fingerprint density at radius 3 is 2.53 bits per heavy atom. The van der Waals surface area contributed by atoms with Gasteiger partial charge in [-0.25, -0.2) is 0 Å². The highest BCUT2D eigenvalue weighted by molar-refractivity contribution is 5.82. The maximum atomic E-state index is 11.6. The van der Waals surface area contributed by atoms with Gasteiger partial charge in [-0.2, -0.15) is 0 Å². The second-order valence-corrected chi connectivity index (χ2v) is 4.98. The molecule has 0 aliphatic carbocycles. The van der Waals surface area contributed by atoms with Crippen LogP contribution in [0.2, 0.25) is 0 Å². The lowest BCUT2D eigenvalue weighted by molar-refractivity contribution is -0.153. The van der Waals surface area contributed by atoms with Crippen molar-refractivity contribution in [1.82, 2.24) is 15.8 Å². The van der Waals surface area contributed by atoms with Crippen LogP contribution in [0, 0.1) is 5.41 Å². The highest BCUT2D eigenvalue weighted by Crippen LogP contribution is 2.33. The van der Waals surface area contributed by atoms with Gasteiger partial charge in [0.05, 0.1) is 12.0 Å². The standard InChI is InChI=1S/C12H21N3O4/c1-3-12(11(18)19)5-4-6-15(8-12)7-10(17)14-13-9(2)16/h3-8H2,1-2H3,(H,13,16)(H,14,17)(H,18,19). The summed E-state index contributed by atoms with van der Waals surface area (Å²) in [6, 6.07) is 0. The number of hydrogen-bond donors (Lipinski definition) is 3. The van der Waals surface area contributed by atoms with Gasteiger partial charge in [-0.1, -0.05) is 6.92 Å². The molecular weight excluding hydrogens is 250 g/mol. The number of hydrogen-bond acceptors (Lipinski definition) is 4. The number of rotatable bonds is 4. The summed E-state index contributed by atoms with van der Waals surface area (Å²) >= 11 is 0. The molecule has 19 heavy (non-hydrogen) atoms. The number of piperidine rings is 1. The quantitative estimate of drug-likeness (QED) is 0.611. The van der Waals surface area contributed by atoms with Crippen molar-refractivity contribution < 1.29 is 19.5 Å². The molecule has 0 aromatic heterocycles. The monoisotopic (exact) mass is 271 g/mol. The minimum absolute atomic E-state index is 0.0926. The Bertz CT molecular complexity index is 372. The van der Waals surface area contributed by atoms with Gasteiger partial charge >= 0.3 is 5.97 Å². The molecule has 1 aliphatic rings. The number of carboxylic acids is 1. The van der Waals surface area contributed by atoms with Crippen LogP contribution < -0.4 is 10.9 Å². The van der Waals surface area contributed by atoms with Crippen LogP contribution in [-0.2, 0) is 14.4 Å². The maximum Gasteiger partial charge on any atom is 0.310 e. The second kappa shape index (κ2) is 6.51. The highest BCUT2D eigenvalue weighted by atomic mass is 16.4. The first kappa shape index (κ1) is 15.4. The molecule has 108 valence electrons. The zero-order chi connectivity index (χ0) is 14.5. The first-order chi connectivity index (χ1) is 8.89. The molecule has 0 aromatic rings. The Balaban J connectivity index is 2.53. The molecule has 1 rings (SSSR count). The smallest absolute Gasteiger partial charge is 0.310 e. The van der Waals surface area contributed by atoms with Crippen LogP contribution in [0.5, 0.6) is 0 Å². The molecule has 0 radical (unpaired) electrons. The van der Waals surface area contributed by atoms with Crippen molar-refractivity contribution in [2.45, 2.75) is 33.1 Å². The number of carbonyl (C=O) groups is 3. The number of amides is 2. The lowest BCUT2D eigenvalue weighted by atomic mass is 9.77. The molecule has 0 bridgehead atoms. The van der Waals surface area contributed by atoms with Crippen molar-refractivity contribution in [2.24, 2.45) is 5.41 Å². The number of nitrogens with one attached hydrogen (secondary N) is 2. The fraction of sp³-hybridized carbons (Fsp3) is 0.750. The molecule has 0 aromatic carbocycles. The Labute approximate surface area is 112 Å². The van der Waals surface area contributed by atoms with E-state index in [9.17, 15) is 19.5 Å². The van der Waals surface area contributed by atoms with E-state index in [4.69, 9.17) is 0 Å². The lowest BCUT2D eigenvalue weighted by Gasteiger charge is -2.39. The molecule has 1 unspecified atom stereocenters. The van der Waals surface area contributed by atoms with E-state index in [1.54, 1.807) is 0 Å². The van der Waals surface area contributed by atoms with Gasteiger partial charge in [-0.05, 0) is 25.8 Å². The molecule has 1 aliphatic heterocycles. The molecule has 1 saturated heterocycles. The third-order valence-corrected chi connectivity index (χ3v) is 3.53. The SMILES string of the molecule is CCC1(C(=O)O)CCCN(CC(=O)NNC(C)=O)C1. The summed E-state index contributed by atoms with van der Waals surface area (Å²) in [5.74, 6) is -1.49. The van der Waals surface area contributed by atoms with Crippen LogP contribution in [0.25, 0.3) is 0 Å². The number of aliphatic carboxylic acids is 1. The molecular formula is C12H21N3O4. The summed E-state index contributed by atoms with van der Waals surface area (Å²) in [5.41, 5.74) is 3.73. The Hall–Kier alpha value is -1.63. The van der Waals surface area contributed by atoms with Crippen LogP contribution in [0.1, 0.15) is 33.1 Å². The van der Waals surface area contributed by atoms with Gasteiger partial charge in [0.25, 0.3) is 5.91 Å². The molecule has 0 spiro atoms. The van der Waals surface area contributed by atoms with Crippen LogP contribution >= 0.6 is 0 Å². The molecule has 7 nitrogen and oxygen atoms in total. The summed E-state index contributed by atoms with van der Waals surface area (Å²) < 4.78 is 0. The first-order valence-corrected chi connectivity index (χ1v) is 6.41. The van der Waals surface area contributed by atoms with E-state index >= 15 is 0 Å². The van der Waals surface area contributed by atoms with E-state index in [1.165, 1.54) is 6.92 Å². The predicted octanol–water partition coefficient (Wildman–Crippen LogP) is -0.269. The van der Waals surface area contributed by atoms with E-state index in [-0.39, 0.29) is 18.4 Å². The van der Waals surface area contributed by atoms with Crippen molar-refractivity contribution in [1.29, 1.82) is 0 Å². The molecule has 7 heteroatoms. The molecule has 1 heterocycles. The fourth-order valence-electron chi connectivity index (χ4n) is 2.38. The third kappa shape index (κ3) is 4.20. The summed E-state index contributed by atoms with van der Waals surface area (Å²) in [7, 11) is 0. The maximum absolute atomic E-state index is 11.6. The minimum atomic E-state index is -0.804. The summed E-state index contributed by atoms with van der Waals surface area (Å²) in [6.07, 6.45) is 1.95. The van der Waals surface area contributed by atoms with Crippen molar-refractivity contribution in [3.63, 3.8) is 0 Å². The number of likely N-dealkylation sites (tertiary alicyclic amines) is 1. The molecule has 0 saturated carbocycles. The Kier molecular flexibility index (Phi) is 5.29. The number of nitrogens with zero attached hydrogens (tertiary/aromatic N) is 1. The van der Waals surface area contributed by atoms with Crippen LogP contribution in [0.15, 0.2) is 0 Å². The van der Waals surface area contributed by atoms with Crippen molar-refractivity contribution >= 4 is 17.8 Å². The van der Waals surface area contributed by atoms with E-state index in [1.807, 2.05) is 11.8 Å². The number of carbonyl (C=O) groups excluding carboxylic acids is 2. The zero-order valence-corrected chi connectivity index (χ0v) is 11.4. The van der Waals surface area contributed by atoms with Crippen LogP contribution in [0.3, 0.4) is 0 Å². The van der Waals surface area contributed by atoms with Gasteiger partial charge < -0.3 is 5.11 Å². The minimum Gasteiger partial charge on any atom is -0.481 e. The Morgan fingerprint density at radius 2 is 2.00 bits per heavy atom. The molecule has 1 atom stereocenters. The fourth-order valence-corrected chi connectivity index (χ4v) is 2.38. The second-order valence-electron chi connectivity index (χ2n) is 4.98. The average molecular weight is 271 g/mol. The summed E-state index contributed by atoms with van der Waals surface area (Å²) in [4.78, 5) is 35.4. The number of carboxylic acid groups (broad SMARTS) is 1. The Morgan fingerprint density at radius 1 is 1.32 bits per heavy atom. The van der Waals surface area contributed by atoms with Gasteiger partial charge in [-0.3, -0.25) is 30.1 Å². The van der Waals surface area contributed by atoms with Crippen molar-refractivity contribution in [3.05, 3.63) is 0 Å². The third-order valence-electron chi connectivity index (χ3n) is 3.53. The van der Waals surface area contributed by atoms with Gasteiger partial charge in [0.1, 0.15) is 0 Å². The molecule has 2 amide bonds. The molecule has 3 N–H and O–H groups in total. The van der Waals surface area contributed by atoms with Gasteiger partial charge in [-0.15, -0.1) is 0 Å². The highest BCUT2D eigenvalue weighted by Gasteiger charge is 2.40. The van der Waals surface area contributed by atoms with E-state index < -0.39 is 11.4 Å². The van der Waals surface area contributed by atoms with Gasteiger partial charge in [0.15, 0.2) is 0 Å². The van der Waals surface area contributed by atoms with E-state index in [2.05, 4.69) is 10.9 Å². The largest absolute Gasteiger partial charge is 0.481 e. The normalized spacial score (nSPS) is 23.7. The van der Waals surface area contributed by atoms with E-state index in [0.29, 0.717) is 25.9 Å². The van der Waals surface area contributed by atoms with Gasteiger partial charge in [0.2, 0.25) is 5.91 Å². The number of hydrazine groups is 1. The first-order valence-electron chi connectivity index (χ1n) is 6.41. The summed E-state index contributed by atoms with van der Waals surface area (Å²) in [6.45, 7) is 4.31. The predicted molar refractivity (Wildman–Crippen MR) is 68.0 cm³/mol. The van der Waals surface area contributed by atoms with Crippen molar-refractivity contribution in [2.75, 3.05) is 19.6 Å². The topological polar surface area (TPSA) is 98.7 Å². The zero-order valence-electron chi connectivity index (χ0n) is 11.4.